The molecule has 1 aromatic carbocycles. The van der Waals surface area contributed by atoms with Crippen LogP contribution in [0.25, 0.3) is 5.65 Å². The molecule has 0 atom stereocenters. The molecule has 1 amide bonds. The van der Waals surface area contributed by atoms with Crippen molar-refractivity contribution in [1.29, 1.82) is 0 Å². The maximum absolute atomic E-state index is 12.2. The van der Waals surface area contributed by atoms with Crippen LogP contribution in [0.4, 0.5) is 5.69 Å². The van der Waals surface area contributed by atoms with Gasteiger partial charge in [-0.3, -0.25) is 9.20 Å². The fourth-order valence-electron chi connectivity index (χ4n) is 1.98. The van der Waals surface area contributed by atoms with Crippen molar-refractivity contribution in [2.75, 3.05) is 5.73 Å². The zero-order valence-electron chi connectivity index (χ0n) is 11.0. The molecule has 0 radical (unpaired) electrons. The number of hydrogen-bond donors (Lipinski definition) is 2. The van der Waals surface area contributed by atoms with E-state index in [1.807, 2.05) is 28.8 Å². The quantitative estimate of drug-likeness (QED) is 0.711. The number of amides is 1. The Morgan fingerprint density at radius 3 is 3.00 bits per heavy atom. The molecule has 2 heterocycles. The number of fused-ring (bicyclic) bond motifs is 1. The van der Waals surface area contributed by atoms with Gasteiger partial charge < -0.3 is 11.1 Å². The fourth-order valence-corrected chi connectivity index (χ4v) is 2.41. The average Bonchev–Trinajstić information content (AvgIpc) is 2.90. The lowest BCUT2D eigenvalue weighted by molar-refractivity contribution is 0.0949. The molecular formula is C14H12BrN5O. The van der Waals surface area contributed by atoms with Crippen molar-refractivity contribution in [2.45, 2.75) is 6.54 Å². The number of halogens is 1. The van der Waals surface area contributed by atoms with Gasteiger partial charge >= 0.3 is 0 Å². The first-order valence-electron chi connectivity index (χ1n) is 6.27. The number of nitrogens with one attached hydrogen (secondary N) is 1. The second-order valence-electron chi connectivity index (χ2n) is 4.47. The van der Waals surface area contributed by atoms with Crippen LogP contribution in [0.1, 0.15) is 16.2 Å². The fraction of sp³-hybridized carbons (Fsp3) is 0.0714. The molecule has 0 aliphatic heterocycles. The summed E-state index contributed by atoms with van der Waals surface area (Å²) in [6.45, 7) is 0.283. The molecule has 2 aromatic heterocycles. The Bertz CT molecular complexity index is 814. The molecule has 7 heteroatoms. The molecule has 3 aromatic rings. The summed E-state index contributed by atoms with van der Waals surface area (Å²) in [7, 11) is 0. The summed E-state index contributed by atoms with van der Waals surface area (Å²) in [5, 5.41) is 10.9. The summed E-state index contributed by atoms with van der Waals surface area (Å²) in [6, 6.07) is 10.7. The zero-order chi connectivity index (χ0) is 14.8. The molecule has 0 unspecified atom stereocenters. The van der Waals surface area contributed by atoms with Crippen molar-refractivity contribution >= 4 is 33.2 Å². The van der Waals surface area contributed by atoms with Crippen molar-refractivity contribution in [1.82, 2.24) is 19.9 Å². The van der Waals surface area contributed by atoms with E-state index in [1.165, 1.54) is 0 Å². The Kier molecular flexibility index (Phi) is 3.57. The second-order valence-corrected chi connectivity index (χ2v) is 5.32. The summed E-state index contributed by atoms with van der Waals surface area (Å²) in [4.78, 5) is 12.2. The zero-order valence-corrected chi connectivity index (χ0v) is 12.5. The topological polar surface area (TPSA) is 85.3 Å². The maximum atomic E-state index is 12.2. The lowest BCUT2D eigenvalue weighted by Crippen LogP contribution is -2.24. The van der Waals surface area contributed by atoms with Crippen molar-refractivity contribution in [3.8, 4) is 0 Å². The van der Waals surface area contributed by atoms with Crippen LogP contribution in [0.5, 0.6) is 0 Å². The molecule has 21 heavy (non-hydrogen) atoms. The minimum atomic E-state index is -0.221. The number of nitrogens with zero attached hydrogens (tertiary/aromatic N) is 3. The monoisotopic (exact) mass is 345 g/mol. The predicted octanol–water partition coefficient (Wildman–Crippen LogP) is 2.00. The second kappa shape index (κ2) is 5.53. The van der Waals surface area contributed by atoms with Crippen molar-refractivity contribution in [2.24, 2.45) is 0 Å². The Labute approximate surface area is 129 Å². The van der Waals surface area contributed by atoms with Crippen molar-refractivity contribution < 1.29 is 4.79 Å². The Morgan fingerprint density at radius 2 is 2.14 bits per heavy atom. The highest BCUT2D eigenvalue weighted by Gasteiger charge is 2.12. The molecule has 0 saturated heterocycles. The number of nitrogen functional groups attached to an aromatic ring is 1. The minimum absolute atomic E-state index is 0.221. The third-order valence-electron chi connectivity index (χ3n) is 3.03. The van der Waals surface area contributed by atoms with Crippen LogP contribution in [0.2, 0.25) is 0 Å². The number of carbonyl (C=O) groups is 1. The number of carbonyl (C=O) groups excluding carboxylic acids is 1. The molecule has 0 spiro atoms. The van der Waals surface area contributed by atoms with Gasteiger partial charge in [0.05, 0.1) is 12.1 Å². The minimum Gasteiger partial charge on any atom is -0.399 e. The lowest BCUT2D eigenvalue weighted by Gasteiger charge is -2.07. The largest absolute Gasteiger partial charge is 0.399 e. The van der Waals surface area contributed by atoms with Gasteiger partial charge in [-0.1, -0.05) is 6.07 Å². The predicted molar refractivity (Wildman–Crippen MR) is 82.7 cm³/mol. The summed E-state index contributed by atoms with van der Waals surface area (Å²) in [5.41, 5.74) is 7.47. The van der Waals surface area contributed by atoms with Crippen LogP contribution in [0.15, 0.2) is 47.1 Å². The van der Waals surface area contributed by atoms with Crippen LogP contribution in [-0.4, -0.2) is 20.5 Å². The molecule has 3 rings (SSSR count). The van der Waals surface area contributed by atoms with Gasteiger partial charge in [0.15, 0.2) is 11.5 Å². The van der Waals surface area contributed by atoms with Crippen molar-refractivity contribution in [3.63, 3.8) is 0 Å². The summed E-state index contributed by atoms with van der Waals surface area (Å²) < 4.78 is 2.52. The summed E-state index contributed by atoms with van der Waals surface area (Å²) in [6.07, 6.45) is 1.85. The molecule has 6 nitrogen and oxygen atoms in total. The number of hydrogen-bond acceptors (Lipinski definition) is 4. The van der Waals surface area contributed by atoms with E-state index in [4.69, 9.17) is 5.73 Å². The molecule has 0 aliphatic rings. The van der Waals surface area contributed by atoms with Crippen LogP contribution in [-0.2, 0) is 6.54 Å². The molecule has 106 valence electrons. The van der Waals surface area contributed by atoms with E-state index in [2.05, 4.69) is 31.4 Å². The standard InChI is InChI=1S/C14H12BrN5O/c15-11-5-4-9(16)7-10(11)14(21)17-8-13-19-18-12-3-1-2-6-20(12)13/h1-7H,8,16H2,(H,17,21). The smallest absolute Gasteiger partial charge is 0.252 e. The van der Waals surface area contributed by atoms with E-state index in [-0.39, 0.29) is 12.5 Å². The Morgan fingerprint density at radius 1 is 1.29 bits per heavy atom. The van der Waals surface area contributed by atoms with Gasteiger partial charge in [-0.15, -0.1) is 10.2 Å². The van der Waals surface area contributed by atoms with E-state index < -0.39 is 0 Å². The van der Waals surface area contributed by atoms with Gasteiger partial charge in [-0.05, 0) is 46.3 Å². The molecule has 0 bridgehead atoms. The van der Waals surface area contributed by atoms with E-state index >= 15 is 0 Å². The number of nitrogens with two attached hydrogens (primary N) is 1. The van der Waals surface area contributed by atoms with Gasteiger partial charge in [0.25, 0.3) is 5.91 Å². The highest BCUT2D eigenvalue weighted by Crippen LogP contribution is 2.19. The van der Waals surface area contributed by atoms with Gasteiger partial charge in [0.1, 0.15) is 0 Å². The van der Waals surface area contributed by atoms with Gasteiger partial charge in [0, 0.05) is 16.4 Å². The SMILES string of the molecule is Nc1ccc(Br)c(C(=O)NCc2nnc3ccccn23)c1. The first-order chi connectivity index (χ1) is 10.1. The molecule has 0 aliphatic carbocycles. The average molecular weight is 346 g/mol. The molecule has 3 N–H and O–H groups in total. The lowest BCUT2D eigenvalue weighted by atomic mass is 10.2. The van der Waals surface area contributed by atoms with Crippen molar-refractivity contribution in [3.05, 3.63) is 58.5 Å². The normalized spacial score (nSPS) is 10.7. The third-order valence-corrected chi connectivity index (χ3v) is 3.72. The van der Waals surface area contributed by atoms with E-state index in [1.54, 1.807) is 18.2 Å². The third kappa shape index (κ3) is 2.73. The number of benzene rings is 1. The summed E-state index contributed by atoms with van der Waals surface area (Å²) in [5.74, 6) is 0.445. The summed E-state index contributed by atoms with van der Waals surface area (Å²) >= 11 is 3.34. The van der Waals surface area contributed by atoms with E-state index in [9.17, 15) is 4.79 Å². The van der Waals surface area contributed by atoms with Crippen LogP contribution in [0, 0.1) is 0 Å². The van der Waals surface area contributed by atoms with Crippen LogP contribution >= 0.6 is 15.9 Å². The highest BCUT2D eigenvalue weighted by atomic mass is 79.9. The maximum Gasteiger partial charge on any atom is 0.252 e. The van der Waals surface area contributed by atoms with Gasteiger partial charge in [0.2, 0.25) is 0 Å². The van der Waals surface area contributed by atoms with Crippen LogP contribution < -0.4 is 11.1 Å². The van der Waals surface area contributed by atoms with Gasteiger partial charge in [-0.2, -0.15) is 0 Å². The van der Waals surface area contributed by atoms with E-state index in [0.717, 1.165) is 5.65 Å². The first-order valence-corrected chi connectivity index (χ1v) is 7.06. The number of aromatic nitrogens is 3. The van der Waals surface area contributed by atoms with E-state index in [0.29, 0.717) is 21.5 Å². The number of anilines is 1. The molecule has 0 fully saturated rings. The van der Waals surface area contributed by atoms with Gasteiger partial charge in [-0.25, -0.2) is 0 Å². The molecular weight excluding hydrogens is 334 g/mol. The Hall–Kier alpha value is -2.41. The Balaban J connectivity index is 1.78. The number of rotatable bonds is 3. The first kappa shape index (κ1) is 13.6. The number of pyridine rings is 1. The molecule has 0 saturated carbocycles. The highest BCUT2D eigenvalue weighted by molar-refractivity contribution is 9.10. The van der Waals surface area contributed by atoms with Crippen LogP contribution in [0.3, 0.4) is 0 Å².